The molecule has 156 valence electrons. The second-order valence-corrected chi connectivity index (χ2v) is 7.47. The normalized spacial score (nSPS) is 25.0. The third kappa shape index (κ3) is 5.82. The average molecular weight is 422 g/mol. The monoisotopic (exact) mass is 422 g/mol. The van der Waals surface area contributed by atoms with Gasteiger partial charge in [0, 0.05) is 18.7 Å². The number of aromatic nitrogens is 2. The van der Waals surface area contributed by atoms with Gasteiger partial charge in [0.1, 0.15) is 12.3 Å². The van der Waals surface area contributed by atoms with E-state index in [1.807, 2.05) is 4.98 Å². The minimum Gasteiger partial charge on any atom is -0.481 e. The maximum absolute atomic E-state index is 11.9. The minimum absolute atomic E-state index is 0.0639. The summed E-state index contributed by atoms with van der Waals surface area (Å²) in [7, 11) is -4.71. The number of H-pyrrole nitrogens is 1. The molecule has 28 heavy (non-hydrogen) atoms. The number of carbonyl (C=O) groups excluding carboxylic acids is 1. The fourth-order valence-electron chi connectivity index (χ4n) is 2.40. The van der Waals surface area contributed by atoms with E-state index in [1.54, 1.807) is 5.09 Å². The van der Waals surface area contributed by atoms with Gasteiger partial charge in [-0.2, -0.15) is 0 Å². The number of nitrogens with one attached hydrogen (secondary N) is 2. The van der Waals surface area contributed by atoms with Crippen LogP contribution in [0.25, 0.3) is 0 Å². The van der Waals surface area contributed by atoms with Crippen molar-refractivity contribution in [1.29, 1.82) is 0 Å². The maximum atomic E-state index is 11.9. The number of rotatable bonds is 8. The highest BCUT2D eigenvalue weighted by Gasteiger charge is 2.37. The number of carboxylic acids is 1. The van der Waals surface area contributed by atoms with Crippen LogP contribution in [0.1, 0.15) is 19.1 Å². The lowest BCUT2D eigenvalue weighted by molar-refractivity contribution is -0.139. The first kappa shape index (κ1) is 21.9. The second-order valence-electron chi connectivity index (χ2n) is 5.95. The number of nitrogens with two attached hydrogens (primary N) is 1. The van der Waals surface area contributed by atoms with Crippen molar-refractivity contribution >= 4 is 19.6 Å². The molecule has 5 atom stereocenters. The molecule has 0 aliphatic carbocycles. The third-order valence-electron chi connectivity index (χ3n) is 3.76. The minimum atomic E-state index is -4.71. The zero-order valence-corrected chi connectivity index (χ0v) is 15.2. The number of ether oxygens (including phenoxy) is 1. The zero-order chi connectivity index (χ0) is 21.1. The molecule has 14 nitrogen and oxygen atoms in total. The van der Waals surface area contributed by atoms with E-state index in [0.29, 0.717) is 0 Å². The lowest BCUT2D eigenvalue weighted by atomic mass is 10.2. The van der Waals surface area contributed by atoms with Crippen LogP contribution in [0.4, 0.5) is 0 Å². The second kappa shape index (κ2) is 8.77. The Balaban J connectivity index is 1.93. The van der Waals surface area contributed by atoms with Gasteiger partial charge in [0.25, 0.3) is 5.56 Å². The van der Waals surface area contributed by atoms with Crippen LogP contribution in [0, 0.1) is 0 Å². The molecular weight excluding hydrogens is 403 g/mol. The molecule has 1 aliphatic heterocycles. The van der Waals surface area contributed by atoms with E-state index in [-0.39, 0.29) is 6.42 Å². The first-order valence-corrected chi connectivity index (χ1v) is 9.48. The van der Waals surface area contributed by atoms with Crippen LogP contribution in [0.2, 0.25) is 0 Å². The fourth-order valence-corrected chi connectivity index (χ4v) is 3.26. The number of hydrogen-bond acceptors (Lipinski definition) is 9. The summed E-state index contributed by atoms with van der Waals surface area (Å²) in [6.07, 6.45) is -2.90. The molecule has 1 aliphatic rings. The Morgan fingerprint density at radius 2 is 2.18 bits per heavy atom. The van der Waals surface area contributed by atoms with Crippen molar-refractivity contribution in [2.24, 2.45) is 5.73 Å². The summed E-state index contributed by atoms with van der Waals surface area (Å²) in [6.45, 7) is -0.627. The number of amides is 1. The lowest BCUT2D eigenvalue weighted by Crippen LogP contribution is -2.41. The molecule has 0 aromatic carbocycles. The van der Waals surface area contributed by atoms with Crippen LogP contribution in [-0.2, 0) is 23.4 Å². The molecule has 0 bridgehead atoms. The summed E-state index contributed by atoms with van der Waals surface area (Å²) >= 11 is 0. The van der Waals surface area contributed by atoms with E-state index < -0.39 is 68.4 Å². The Labute approximate surface area is 156 Å². The van der Waals surface area contributed by atoms with E-state index in [2.05, 4.69) is 4.52 Å². The van der Waals surface area contributed by atoms with E-state index in [4.69, 9.17) is 15.6 Å². The number of aliphatic hydroxyl groups is 1. The predicted molar refractivity (Wildman–Crippen MR) is 90.0 cm³/mol. The smallest absolute Gasteiger partial charge is 0.432 e. The molecule has 2 rings (SSSR count). The molecule has 7 N–H and O–H groups in total. The number of hydrogen-bond donors (Lipinski definition) is 6. The molecule has 1 aromatic rings. The number of nitrogens with zero attached hydrogens (tertiary/aromatic N) is 1. The van der Waals surface area contributed by atoms with Crippen LogP contribution < -0.4 is 22.1 Å². The topological polar surface area (TPSA) is 223 Å². The van der Waals surface area contributed by atoms with Crippen LogP contribution in [-0.4, -0.2) is 61.4 Å². The number of aliphatic hydroxyl groups excluding tert-OH is 1. The van der Waals surface area contributed by atoms with Gasteiger partial charge in [-0.25, -0.2) is 9.36 Å². The van der Waals surface area contributed by atoms with Gasteiger partial charge in [0.15, 0.2) is 0 Å². The highest BCUT2D eigenvalue weighted by Crippen LogP contribution is 2.38. The predicted octanol–water partition coefficient (Wildman–Crippen LogP) is -2.78. The van der Waals surface area contributed by atoms with Gasteiger partial charge >= 0.3 is 19.4 Å². The molecule has 1 fully saturated rings. The average Bonchev–Trinajstić information content (AvgIpc) is 2.92. The Morgan fingerprint density at radius 1 is 1.50 bits per heavy atom. The highest BCUT2D eigenvalue weighted by atomic mass is 31.2. The molecule has 0 saturated carbocycles. The molecule has 1 aromatic heterocycles. The molecule has 15 heteroatoms. The van der Waals surface area contributed by atoms with Gasteiger partial charge in [0.05, 0.1) is 25.2 Å². The van der Waals surface area contributed by atoms with Gasteiger partial charge < -0.3 is 25.6 Å². The molecular formula is C13H19N4O10P. The van der Waals surface area contributed by atoms with Crippen molar-refractivity contribution < 1.29 is 38.5 Å². The standard InChI is InChI=1S/C13H19N4O10P/c14-6(3-11(20)21)12(22)16-28(24,25)26-5-8-7(18)4-10(27-8)17-2-1-9(19)15-13(17)23/h1-2,6-8,10,18H,3-5,14H2,(H,20,21)(H,15,19,23)(H2,16,22,24,25)/t6-,7-,8+,10+/m0/s1. The molecule has 2 heterocycles. The van der Waals surface area contributed by atoms with Gasteiger partial charge in [0.2, 0.25) is 5.91 Å². The number of aromatic amines is 1. The lowest BCUT2D eigenvalue weighted by Gasteiger charge is -2.19. The summed E-state index contributed by atoms with van der Waals surface area (Å²) in [5.74, 6) is -2.58. The van der Waals surface area contributed by atoms with Crippen LogP contribution in [0.5, 0.6) is 0 Å². The summed E-state index contributed by atoms with van der Waals surface area (Å²) in [6, 6.07) is -0.481. The van der Waals surface area contributed by atoms with Gasteiger partial charge in [-0.15, -0.1) is 0 Å². The quantitative estimate of drug-likeness (QED) is 0.235. The van der Waals surface area contributed by atoms with Gasteiger partial charge in [-0.05, 0) is 0 Å². The van der Waals surface area contributed by atoms with E-state index >= 15 is 0 Å². The molecule has 0 spiro atoms. The first-order chi connectivity index (χ1) is 13.0. The van der Waals surface area contributed by atoms with Crippen molar-refractivity contribution in [2.45, 2.75) is 37.3 Å². The van der Waals surface area contributed by atoms with E-state index in [9.17, 15) is 33.7 Å². The molecule has 1 saturated heterocycles. The van der Waals surface area contributed by atoms with Crippen molar-refractivity contribution in [3.05, 3.63) is 33.1 Å². The highest BCUT2D eigenvalue weighted by molar-refractivity contribution is 7.51. The van der Waals surface area contributed by atoms with Crippen molar-refractivity contribution in [1.82, 2.24) is 14.6 Å². The van der Waals surface area contributed by atoms with Crippen LogP contribution in [0.15, 0.2) is 21.9 Å². The Kier molecular flexibility index (Phi) is 6.87. The Morgan fingerprint density at radius 3 is 2.79 bits per heavy atom. The van der Waals surface area contributed by atoms with Gasteiger partial charge in [-0.3, -0.25) is 33.5 Å². The maximum Gasteiger partial charge on any atom is 0.432 e. The first-order valence-electron chi connectivity index (χ1n) is 7.90. The van der Waals surface area contributed by atoms with E-state index in [1.165, 1.54) is 6.20 Å². The van der Waals surface area contributed by atoms with Gasteiger partial charge in [-0.1, -0.05) is 0 Å². The van der Waals surface area contributed by atoms with Crippen LogP contribution in [0.3, 0.4) is 0 Å². The van der Waals surface area contributed by atoms with Crippen molar-refractivity contribution in [3.8, 4) is 0 Å². The molecule has 1 amide bonds. The fraction of sp³-hybridized carbons (Fsp3) is 0.538. The van der Waals surface area contributed by atoms with E-state index in [0.717, 1.165) is 10.6 Å². The Hall–Kier alpha value is -2.35. The number of aliphatic carboxylic acids is 1. The third-order valence-corrected chi connectivity index (χ3v) is 4.76. The Bertz CT molecular complexity index is 898. The summed E-state index contributed by atoms with van der Waals surface area (Å²) in [5.41, 5.74) is 3.89. The molecule has 1 unspecified atom stereocenters. The molecule has 0 radical (unpaired) electrons. The SMILES string of the molecule is N[C@@H](CC(=O)O)C(=O)NP(=O)(O)OC[C@H]1O[C@@H](n2ccc(=O)[nH]c2=O)C[C@@H]1O. The summed E-state index contributed by atoms with van der Waals surface area (Å²) < 4.78 is 23.0. The zero-order valence-electron chi connectivity index (χ0n) is 14.3. The largest absolute Gasteiger partial charge is 0.481 e. The van der Waals surface area contributed by atoms with Crippen molar-refractivity contribution in [2.75, 3.05) is 6.61 Å². The number of carbonyl (C=O) groups is 2. The number of carboxylic acid groups (broad SMARTS) is 1. The summed E-state index contributed by atoms with van der Waals surface area (Å²) in [4.78, 5) is 56.6. The summed E-state index contributed by atoms with van der Waals surface area (Å²) in [5, 5.41) is 20.1. The van der Waals surface area contributed by atoms with Crippen molar-refractivity contribution in [3.63, 3.8) is 0 Å². The van der Waals surface area contributed by atoms with Crippen LogP contribution >= 0.6 is 7.75 Å².